The highest BCUT2D eigenvalue weighted by Gasteiger charge is 2.12. The van der Waals surface area contributed by atoms with Gasteiger partial charge in [0.15, 0.2) is 0 Å². The molecule has 0 unspecified atom stereocenters. The molecule has 0 aromatic carbocycles. The Hall–Kier alpha value is -0.690. The Morgan fingerprint density at radius 1 is 1.42 bits per heavy atom. The highest BCUT2D eigenvalue weighted by molar-refractivity contribution is 9.11. The molecule has 0 saturated carbocycles. The van der Waals surface area contributed by atoms with Crippen molar-refractivity contribution in [1.82, 2.24) is 4.90 Å². The number of nitrogens with zero attached hydrogens (tertiary/aromatic N) is 1. The number of hydrogen-bond acceptors (Lipinski definition) is 4. The first kappa shape index (κ1) is 14.7. The van der Waals surface area contributed by atoms with E-state index in [0.29, 0.717) is 4.88 Å². The van der Waals surface area contributed by atoms with Crippen LogP contribution >= 0.6 is 38.6 Å². The molecule has 0 fully saturated rings. The Kier molecular flexibility index (Phi) is 4.78. The summed E-state index contributed by atoms with van der Waals surface area (Å²) in [6.07, 6.45) is 0. The van der Waals surface area contributed by atoms with E-state index in [0.717, 1.165) is 27.3 Å². The number of aromatic carboxylic acids is 1. The molecule has 2 heterocycles. The van der Waals surface area contributed by atoms with Crippen molar-refractivity contribution in [2.24, 2.45) is 0 Å². The number of hydrogen-bond donors (Lipinski definition) is 1. The Morgan fingerprint density at radius 3 is 2.68 bits per heavy atom. The van der Waals surface area contributed by atoms with E-state index >= 15 is 0 Å². The van der Waals surface area contributed by atoms with Crippen LogP contribution < -0.4 is 0 Å². The minimum atomic E-state index is -0.844. The van der Waals surface area contributed by atoms with Crippen molar-refractivity contribution in [3.8, 4) is 0 Å². The van der Waals surface area contributed by atoms with Crippen LogP contribution in [0.1, 0.15) is 25.7 Å². The van der Waals surface area contributed by atoms with Gasteiger partial charge in [-0.3, -0.25) is 4.90 Å². The lowest BCUT2D eigenvalue weighted by Crippen LogP contribution is -2.16. The molecule has 6 heteroatoms. The molecule has 0 saturated heterocycles. The average Bonchev–Trinajstić information content (AvgIpc) is 2.86. The van der Waals surface area contributed by atoms with E-state index < -0.39 is 5.97 Å². The SMILES string of the molecule is Cc1sc(C(=O)O)cc1CN(C)Cc1csc(Br)c1. The quantitative estimate of drug-likeness (QED) is 0.868. The summed E-state index contributed by atoms with van der Waals surface area (Å²) < 4.78 is 1.13. The van der Waals surface area contributed by atoms with Crippen LogP contribution in [0.15, 0.2) is 21.3 Å². The minimum Gasteiger partial charge on any atom is -0.477 e. The third kappa shape index (κ3) is 3.89. The van der Waals surface area contributed by atoms with Gasteiger partial charge in [-0.05, 0) is 58.5 Å². The highest BCUT2D eigenvalue weighted by atomic mass is 79.9. The van der Waals surface area contributed by atoms with Gasteiger partial charge < -0.3 is 5.11 Å². The van der Waals surface area contributed by atoms with Crippen LogP contribution in [0, 0.1) is 6.92 Å². The van der Waals surface area contributed by atoms with Gasteiger partial charge >= 0.3 is 5.97 Å². The molecular formula is C13H14BrNO2S2. The van der Waals surface area contributed by atoms with Crippen LogP contribution in [-0.4, -0.2) is 23.0 Å². The standard InChI is InChI=1S/C13H14BrNO2S2/c1-8-10(4-11(19-8)13(16)17)6-15(2)5-9-3-12(14)18-7-9/h3-4,7H,5-6H2,1-2H3,(H,16,17). The maximum Gasteiger partial charge on any atom is 0.345 e. The topological polar surface area (TPSA) is 40.5 Å². The molecular weight excluding hydrogens is 346 g/mol. The molecule has 0 atom stereocenters. The van der Waals surface area contributed by atoms with Gasteiger partial charge in [-0.1, -0.05) is 0 Å². The lowest BCUT2D eigenvalue weighted by molar-refractivity contribution is 0.0702. The van der Waals surface area contributed by atoms with Crippen molar-refractivity contribution in [3.63, 3.8) is 0 Å². The number of halogens is 1. The van der Waals surface area contributed by atoms with Gasteiger partial charge in [0.1, 0.15) is 4.88 Å². The van der Waals surface area contributed by atoms with Crippen molar-refractivity contribution in [2.75, 3.05) is 7.05 Å². The first-order valence-corrected chi connectivity index (χ1v) is 8.18. The Morgan fingerprint density at radius 2 is 2.16 bits per heavy atom. The summed E-state index contributed by atoms with van der Waals surface area (Å²) in [6.45, 7) is 3.60. The predicted octanol–water partition coefficient (Wildman–Crippen LogP) is 4.21. The van der Waals surface area contributed by atoms with Gasteiger partial charge in [-0.15, -0.1) is 22.7 Å². The van der Waals surface area contributed by atoms with Crippen LogP contribution in [-0.2, 0) is 13.1 Å². The average molecular weight is 360 g/mol. The number of aryl methyl sites for hydroxylation is 1. The van der Waals surface area contributed by atoms with Crippen LogP contribution in [0.3, 0.4) is 0 Å². The molecule has 0 amide bonds. The molecule has 0 aliphatic carbocycles. The Balaban J connectivity index is 2.02. The zero-order valence-electron chi connectivity index (χ0n) is 10.6. The van der Waals surface area contributed by atoms with Crippen molar-refractivity contribution in [3.05, 3.63) is 42.2 Å². The molecule has 2 aromatic heterocycles. The third-order valence-corrected chi connectivity index (χ3v) is 5.38. The Bertz CT molecular complexity index is 591. The number of carbonyl (C=O) groups is 1. The van der Waals surface area contributed by atoms with E-state index in [1.165, 1.54) is 16.9 Å². The van der Waals surface area contributed by atoms with Crippen LogP contribution in [0.25, 0.3) is 0 Å². The van der Waals surface area contributed by atoms with E-state index in [4.69, 9.17) is 5.11 Å². The smallest absolute Gasteiger partial charge is 0.345 e. The summed E-state index contributed by atoms with van der Waals surface area (Å²) in [6, 6.07) is 3.90. The summed E-state index contributed by atoms with van der Waals surface area (Å²) in [5, 5.41) is 11.1. The molecule has 102 valence electrons. The monoisotopic (exact) mass is 359 g/mol. The number of thiophene rings is 2. The highest BCUT2D eigenvalue weighted by Crippen LogP contribution is 2.25. The van der Waals surface area contributed by atoms with E-state index in [-0.39, 0.29) is 0 Å². The second-order valence-electron chi connectivity index (χ2n) is 4.43. The third-order valence-electron chi connectivity index (χ3n) is 2.75. The van der Waals surface area contributed by atoms with Crippen molar-refractivity contribution < 1.29 is 9.90 Å². The molecule has 19 heavy (non-hydrogen) atoms. The van der Waals surface area contributed by atoms with E-state index in [2.05, 4.69) is 32.3 Å². The first-order valence-electron chi connectivity index (χ1n) is 5.69. The van der Waals surface area contributed by atoms with E-state index in [9.17, 15) is 4.79 Å². The fraction of sp³-hybridized carbons (Fsp3) is 0.308. The molecule has 0 radical (unpaired) electrons. The normalized spacial score (nSPS) is 11.2. The minimum absolute atomic E-state index is 0.416. The maximum atomic E-state index is 10.9. The summed E-state index contributed by atoms with van der Waals surface area (Å²) in [7, 11) is 2.04. The predicted molar refractivity (Wildman–Crippen MR) is 83.2 cm³/mol. The number of carboxylic acid groups (broad SMARTS) is 1. The summed E-state index contributed by atoms with van der Waals surface area (Å²) in [4.78, 5) is 14.6. The number of carboxylic acids is 1. The van der Waals surface area contributed by atoms with E-state index in [1.807, 2.05) is 14.0 Å². The molecule has 0 aliphatic heterocycles. The lowest BCUT2D eigenvalue weighted by Gasteiger charge is -2.15. The molecule has 2 rings (SSSR count). The second-order valence-corrected chi connectivity index (χ2v) is 7.98. The fourth-order valence-electron chi connectivity index (χ4n) is 1.87. The van der Waals surface area contributed by atoms with Crippen LogP contribution in [0.2, 0.25) is 0 Å². The Labute approximate surface area is 128 Å². The molecule has 0 spiro atoms. The van der Waals surface area contributed by atoms with Gasteiger partial charge in [-0.25, -0.2) is 4.79 Å². The molecule has 0 aliphatic rings. The van der Waals surface area contributed by atoms with Gasteiger partial charge in [0.05, 0.1) is 3.79 Å². The first-order chi connectivity index (χ1) is 8.95. The summed E-state index contributed by atoms with van der Waals surface area (Å²) in [5.41, 5.74) is 2.37. The second kappa shape index (κ2) is 6.17. The molecule has 2 aromatic rings. The lowest BCUT2D eigenvalue weighted by atomic mass is 10.2. The van der Waals surface area contributed by atoms with Crippen LogP contribution in [0.5, 0.6) is 0 Å². The summed E-state index contributed by atoms with van der Waals surface area (Å²) in [5.74, 6) is -0.844. The largest absolute Gasteiger partial charge is 0.477 e. The summed E-state index contributed by atoms with van der Waals surface area (Å²) >= 11 is 6.48. The number of rotatable bonds is 5. The zero-order chi connectivity index (χ0) is 14.0. The molecule has 1 N–H and O–H groups in total. The molecule has 3 nitrogen and oxygen atoms in total. The van der Waals surface area contributed by atoms with Gasteiger partial charge in [-0.2, -0.15) is 0 Å². The van der Waals surface area contributed by atoms with Crippen molar-refractivity contribution in [1.29, 1.82) is 0 Å². The fourth-order valence-corrected chi connectivity index (χ4v) is 3.94. The van der Waals surface area contributed by atoms with Crippen molar-refractivity contribution >= 4 is 44.6 Å². The van der Waals surface area contributed by atoms with Crippen LogP contribution in [0.4, 0.5) is 0 Å². The van der Waals surface area contributed by atoms with E-state index in [1.54, 1.807) is 17.4 Å². The van der Waals surface area contributed by atoms with Gasteiger partial charge in [0.2, 0.25) is 0 Å². The van der Waals surface area contributed by atoms with Crippen molar-refractivity contribution in [2.45, 2.75) is 20.0 Å². The van der Waals surface area contributed by atoms with Gasteiger partial charge in [0, 0.05) is 18.0 Å². The maximum absolute atomic E-state index is 10.9. The molecule has 0 bridgehead atoms. The zero-order valence-corrected chi connectivity index (χ0v) is 13.9. The van der Waals surface area contributed by atoms with Gasteiger partial charge in [0.25, 0.3) is 0 Å².